The fourth-order valence-corrected chi connectivity index (χ4v) is 3.02. The van der Waals surface area contributed by atoms with Crippen molar-refractivity contribution in [2.24, 2.45) is 0 Å². The zero-order chi connectivity index (χ0) is 14.6. The predicted octanol–water partition coefficient (Wildman–Crippen LogP) is 5.42. The summed E-state index contributed by atoms with van der Waals surface area (Å²) in [6.45, 7) is 2.23. The fraction of sp³-hybridized carbons (Fsp3) is 0.647. The van der Waals surface area contributed by atoms with E-state index in [-0.39, 0.29) is 11.9 Å². The molecule has 0 fully saturated rings. The van der Waals surface area contributed by atoms with E-state index in [4.69, 9.17) is 0 Å². The molecular formula is C17H27FOS. The summed E-state index contributed by atoms with van der Waals surface area (Å²) in [5.41, 5.74) is 0. The number of aliphatic hydroxyl groups is 1. The maximum absolute atomic E-state index is 12.7. The van der Waals surface area contributed by atoms with Crippen LogP contribution < -0.4 is 0 Å². The molecule has 1 unspecified atom stereocenters. The lowest BCUT2D eigenvalue weighted by Crippen LogP contribution is -2.09. The van der Waals surface area contributed by atoms with E-state index in [0.29, 0.717) is 5.75 Å². The van der Waals surface area contributed by atoms with E-state index in [1.807, 2.05) is 0 Å². The highest BCUT2D eigenvalue weighted by Gasteiger charge is 2.05. The highest BCUT2D eigenvalue weighted by atomic mass is 32.2. The third-order valence-corrected chi connectivity index (χ3v) is 4.55. The lowest BCUT2D eigenvalue weighted by Gasteiger charge is -2.10. The van der Waals surface area contributed by atoms with Crippen molar-refractivity contribution in [1.82, 2.24) is 0 Å². The minimum atomic E-state index is -0.249. The molecule has 0 aromatic heterocycles. The van der Waals surface area contributed by atoms with Gasteiger partial charge in [0.15, 0.2) is 0 Å². The summed E-state index contributed by atoms with van der Waals surface area (Å²) in [5.74, 6) is 0.486. The molecule has 0 aliphatic rings. The van der Waals surface area contributed by atoms with Gasteiger partial charge < -0.3 is 5.11 Å². The Labute approximate surface area is 127 Å². The number of unbranched alkanes of at least 4 members (excludes halogenated alkanes) is 6. The van der Waals surface area contributed by atoms with Crippen LogP contribution in [0.3, 0.4) is 0 Å². The van der Waals surface area contributed by atoms with Gasteiger partial charge >= 0.3 is 0 Å². The van der Waals surface area contributed by atoms with Gasteiger partial charge in [-0.3, -0.25) is 0 Å². The maximum atomic E-state index is 12.7. The normalized spacial score (nSPS) is 12.6. The highest BCUT2D eigenvalue weighted by Crippen LogP contribution is 2.20. The van der Waals surface area contributed by atoms with Crippen LogP contribution in [0.4, 0.5) is 4.39 Å². The van der Waals surface area contributed by atoms with E-state index < -0.39 is 0 Å². The van der Waals surface area contributed by atoms with E-state index in [9.17, 15) is 9.50 Å². The SMILES string of the molecule is CCCCCCCCCC(O)CSc1ccc(F)cc1. The molecule has 0 heterocycles. The average Bonchev–Trinajstić information content (AvgIpc) is 2.46. The number of rotatable bonds is 11. The van der Waals surface area contributed by atoms with Gasteiger partial charge in [-0.2, -0.15) is 0 Å². The molecule has 1 aromatic carbocycles. The molecule has 0 bridgehead atoms. The van der Waals surface area contributed by atoms with Gasteiger partial charge in [0.1, 0.15) is 5.82 Å². The Bertz CT molecular complexity index is 339. The zero-order valence-corrected chi connectivity index (χ0v) is 13.3. The lowest BCUT2D eigenvalue weighted by atomic mass is 10.1. The minimum Gasteiger partial charge on any atom is -0.392 e. The molecule has 114 valence electrons. The molecular weight excluding hydrogens is 271 g/mol. The standard InChI is InChI=1S/C17H27FOS/c1-2-3-4-5-6-7-8-9-16(19)14-20-17-12-10-15(18)11-13-17/h10-13,16,19H,2-9,14H2,1H3. The van der Waals surface area contributed by atoms with E-state index >= 15 is 0 Å². The topological polar surface area (TPSA) is 20.2 Å². The van der Waals surface area contributed by atoms with Crippen LogP contribution in [0.5, 0.6) is 0 Å². The van der Waals surface area contributed by atoms with Gasteiger partial charge in [0.25, 0.3) is 0 Å². The van der Waals surface area contributed by atoms with Gasteiger partial charge in [0.2, 0.25) is 0 Å². The summed E-state index contributed by atoms with van der Waals surface area (Å²) < 4.78 is 12.7. The van der Waals surface area contributed by atoms with E-state index in [2.05, 4.69) is 6.92 Å². The Morgan fingerprint density at radius 3 is 2.25 bits per heavy atom. The molecule has 0 amide bonds. The summed E-state index contributed by atoms with van der Waals surface area (Å²) in [5, 5.41) is 9.91. The molecule has 1 rings (SSSR count). The van der Waals surface area contributed by atoms with Crippen molar-refractivity contribution < 1.29 is 9.50 Å². The first-order chi connectivity index (χ1) is 9.72. The largest absolute Gasteiger partial charge is 0.392 e. The summed E-state index contributed by atoms with van der Waals surface area (Å²) in [6, 6.07) is 6.46. The Morgan fingerprint density at radius 2 is 1.60 bits per heavy atom. The highest BCUT2D eigenvalue weighted by molar-refractivity contribution is 7.99. The second kappa shape index (κ2) is 11.2. The van der Waals surface area contributed by atoms with Crippen molar-refractivity contribution in [1.29, 1.82) is 0 Å². The molecule has 0 radical (unpaired) electrons. The third-order valence-electron chi connectivity index (χ3n) is 3.40. The zero-order valence-electron chi connectivity index (χ0n) is 12.5. The molecule has 1 atom stereocenters. The van der Waals surface area contributed by atoms with E-state index in [1.54, 1.807) is 23.9 Å². The quantitative estimate of drug-likeness (QED) is 0.435. The minimum absolute atomic E-state index is 0.210. The molecule has 0 saturated carbocycles. The molecule has 0 aliphatic heterocycles. The molecule has 1 nitrogen and oxygen atoms in total. The van der Waals surface area contributed by atoms with Gasteiger partial charge in [-0.1, -0.05) is 51.9 Å². The average molecular weight is 298 g/mol. The van der Waals surface area contributed by atoms with Crippen molar-refractivity contribution in [3.05, 3.63) is 30.1 Å². The van der Waals surface area contributed by atoms with E-state index in [1.165, 1.54) is 50.7 Å². The van der Waals surface area contributed by atoms with Crippen LogP contribution in [0.2, 0.25) is 0 Å². The van der Waals surface area contributed by atoms with Crippen molar-refractivity contribution in [3.63, 3.8) is 0 Å². The van der Waals surface area contributed by atoms with Crippen LogP contribution in [-0.2, 0) is 0 Å². The number of benzene rings is 1. The first kappa shape index (κ1) is 17.5. The third kappa shape index (κ3) is 8.60. The van der Waals surface area contributed by atoms with Crippen LogP contribution in [0, 0.1) is 5.82 Å². The van der Waals surface area contributed by atoms with Crippen molar-refractivity contribution in [3.8, 4) is 0 Å². The van der Waals surface area contributed by atoms with Crippen molar-refractivity contribution in [2.75, 3.05) is 5.75 Å². The predicted molar refractivity (Wildman–Crippen MR) is 85.7 cm³/mol. The molecule has 1 N–H and O–H groups in total. The number of hydrogen-bond donors (Lipinski definition) is 1. The Morgan fingerprint density at radius 1 is 1.00 bits per heavy atom. The Hall–Kier alpha value is -0.540. The van der Waals surface area contributed by atoms with Crippen LogP contribution >= 0.6 is 11.8 Å². The molecule has 20 heavy (non-hydrogen) atoms. The molecule has 1 aromatic rings. The van der Waals surface area contributed by atoms with Crippen molar-refractivity contribution >= 4 is 11.8 Å². The van der Waals surface area contributed by atoms with E-state index in [0.717, 1.165) is 17.7 Å². The first-order valence-electron chi connectivity index (χ1n) is 7.78. The molecule has 0 aliphatic carbocycles. The number of hydrogen-bond acceptors (Lipinski definition) is 2. The first-order valence-corrected chi connectivity index (χ1v) is 8.77. The van der Waals surface area contributed by atoms with Gasteiger partial charge in [-0.05, 0) is 30.7 Å². The summed E-state index contributed by atoms with van der Waals surface area (Å²) in [6.07, 6.45) is 9.56. The molecule has 0 spiro atoms. The summed E-state index contributed by atoms with van der Waals surface area (Å²) in [7, 11) is 0. The summed E-state index contributed by atoms with van der Waals surface area (Å²) >= 11 is 1.60. The number of aliphatic hydroxyl groups excluding tert-OH is 1. The number of halogens is 1. The monoisotopic (exact) mass is 298 g/mol. The molecule has 0 saturated heterocycles. The van der Waals surface area contributed by atoms with Gasteiger partial charge in [0, 0.05) is 10.6 Å². The lowest BCUT2D eigenvalue weighted by molar-refractivity contribution is 0.185. The Balaban J connectivity index is 2.00. The van der Waals surface area contributed by atoms with Gasteiger partial charge in [-0.15, -0.1) is 11.8 Å². The Kier molecular flexibility index (Phi) is 9.77. The van der Waals surface area contributed by atoms with Crippen LogP contribution in [-0.4, -0.2) is 17.0 Å². The van der Waals surface area contributed by atoms with Crippen LogP contribution in [0.1, 0.15) is 58.3 Å². The number of thioether (sulfide) groups is 1. The fourth-order valence-electron chi connectivity index (χ4n) is 2.14. The van der Waals surface area contributed by atoms with Crippen LogP contribution in [0.25, 0.3) is 0 Å². The van der Waals surface area contributed by atoms with Crippen LogP contribution in [0.15, 0.2) is 29.2 Å². The second-order valence-electron chi connectivity index (χ2n) is 5.33. The van der Waals surface area contributed by atoms with Gasteiger partial charge in [0.05, 0.1) is 6.10 Å². The smallest absolute Gasteiger partial charge is 0.123 e. The van der Waals surface area contributed by atoms with Crippen molar-refractivity contribution in [2.45, 2.75) is 69.3 Å². The van der Waals surface area contributed by atoms with Gasteiger partial charge in [-0.25, -0.2) is 4.39 Å². The summed E-state index contributed by atoms with van der Waals surface area (Å²) in [4.78, 5) is 1.02. The second-order valence-corrected chi connectivity index (χ2v) is 6.42. The molecule has 3 heteroatoms. The maximum Gasteiger partial charge on any atom is 0.123 e.